The number of sulfonamides is 1. The third-order valence-corrected chi connectivity index (χ3v) is 8.66. The summed E-state index contributed by atoms with van der Waals surface area (Å²) in [6, 6.07) is 1.48. The molecule has 0 spiro atoms. The number of hydrogen-bond donors (Lipinski definition) is 1. The summed E-state index contributed by atoms with van der Waals surface area (Å²) < 4.78 is 28.4. The Balaban J connectivity index is 2.26. The van der Waals surface area contributed by atoms with Crippen LogP contribution < -0.4 is 4.72 Å². The van der Waals surface area contributed by atoms with Crippen molar-refractivity contribution in [2.24, 2.45) is 0 Å². The van der Waals surface area contributed by atoms with Crippen molar-refractivity contribution >= 4 is 64.8 Å². The maximum Gasteiger partial charge on any atom is 0.250 e. The highest BCUT2D eigenvalue weighted by atomic mass is 79.9. The summed E-state index contributed by atoms with van der Waals surface area (Å²) in [7, 11) is -3.49. The highest BCUT2D eigenvalue weighted by Gasteiger charge is 2.37. The highest BCUT2D eigenvalue weighted by Crippen LogP contribution is 2.37. The third kappa shape index (κ3) is 3.12. The molecular weight excluding hydrogens is 426 g/mol. The first-order valence-electron chi connectivity index (χ1n) is 5.43. The summed E-state index contributed by atoms with van der Waals surface area (Å²) in [5.41, 5.74) is -0.345. The average Bonchev–Trinajstić information content (AvgIpc) is 2.88. The summed E-state index contributed by atoms with van der Waals surface area (Å²) in [6.07, 6.45) is 3.86. The smallest absolute Gasteiger partial charge is 0.206 e. The van der Waals surface area contributed by atoms with E-state index in [-0.39, 0.29) is 9.75 Å². The van der Waals surface area contributed by atoms with Crippen LogP contribution in [0.1, 0.15) is 25.7 Å². The molecule has 0 unspecified atom stereocenters. The molecule has 1 saturated carbocycles. The van der Waals surface area contributed by atoms with Gasteiger partial charge in [0.2, 0.25) is 0 Å². The lowest BCUT2D eigenvalue weighted by atomic mass is 10.0. The van der Waals surface area contributed by atoms with Crippen LogP contribution >= 0.6 is 54.8 Å². The summed E-state index contributed by atoms with van der Waals surface area (Å²) >= 11 is 13.7. The number of thiophene rings is 1. The van der Waals surface area contributed by atoms with E-state index in [2.05, 4.69) is 36.6 Å². The molecule has 102 valence electrons. The molecule has 1 heterocycles. The number of halogens is 3. The van der Waals surface area contributed by atoms with Gasteiger partial charge < -0.3 is 0 Å². The predicted molar refractivity (Wildman–Crippen MR) is 82.3 cm³/mol. The monoisotopic (exact) mass is 435 g/mol. The van der Waals surface area contributed by atoms with Crippen molar-refractivity contribution in [3.63, 3.8) is 0 Å². The number of nitrogens with one attached hydrogen (secondary N) is 1. The summed E-state index contributed by atoms with van der Waals surface area (Å²) in [6.45, 7) is 0. The topological polar surface area (TPSA) is 46.2 Å². The highest BCUT2D eigenvalue weighted by molar-refractivity contribution is 9.11. The molecule has 1 aliphatic carbocycles. The van der Waals surface area contributed by atoms with Gasteiger partial charge in [-0.1, -0.05) is 40.4 Å². The van der Waals surface area contributed by atoms with Gasteiger partial charge in [0.25, 0.3) is 10.0 Å². The van der Waals surface area contributed by atoms with Crippen molar-refractivity contribution in [3.05, 3.63) is 14.9 Å². The van der Waals surface area contributed by atoms with Gasteiger partial charge in [-0.25, -0.2) is 13.1 Å². The molecule has 2 rings (SSSR count). The van der Waals surface area contributed by atoms with Crippen molar-refractivity contribution in [1.82, 2.24) is 4.72 Å². The molecule has 0 atom stereocenters. The minimum atomic E-state index is -3.49. The molecule has 0 aliphatic heterocycles. The number of alkyl halides is 1. The van der Waals surface area contributed by atoms with Gasteiger partial charge in [0.15, 0.2) is 0 Å². The van der Waals surface area contributed by atoms with Crippen LogP contribution in [0.25, 0.3) is 0 Å². The van der Waals surface area contributed by atoms with E-state index < -0.39 is 10.0 Å². The first-order valence-corrected chi connectivity index (χ1v) is 10.0. The summed E-state index contributed by atoms with van der Waals surface area (Å²) in [5, 5.41) is 1.07. The molecule has 0 bridgehead atoms. The Bertz CT molecular complexity index is 519. The van der Waals surface area contributed by atoms with Gasteiger partial charge >= 0.3 is 0 Å². The molecule has 0 saturated heterocycles. The van der Waals surface area contributed by atoms with E-state index in [4.69, 9.17) is 11.6 Å². The molecule has 1 aromatic heterocycles. The zero-order valence-electron chi connectivity index (χ0n) is 9.38. The maximum absolute atomic E-state index is 12.3. The minimum absolute atomic E-state index is 0.256. The van der Waals surface area contributed by atoms with Gasteiger partial charge in [-0.3, -0.25) is 0 Å². The van der Waals surface area contributed by atoms with Crippen molar-refractivity contribution in [2.45, 2.75) is 35.4 Å². The normalized spacial score (nSPS) is 19.3. The minimum Gasteiger partial charge on any atom is -0.206 e. The van der Waals surface area contributed by atoms with Crippen molar-refractivity contribution in [3.8, 4) is 0 Å². The Kier molecular flexibility index (Phi) is 4.82. The van der Waals surface area contributed by atoms with Crippen molar-refractivity contribution in [2.75, 3.05) is 5.33 Å². The van der Waals surface area contributed by atoms with Gasteiger partial charge in [0, 0.05) is 10.9 Å². The molecule has 1 aliphatic rings. The van der Waals surface area contributed by atoms with Gasteiger partial charge in [-0.2, -0.15) is 0 Å². The zero-order chi connectivity index (χ0) is 13.4. The lowest BCUT2D eigenvalue weighted by Crippen LogP contribution is -2.47. The van der Waals surface area contributed by atoms with Crippen LogP contribution in [0.5, 0.6) is 0 Å². The molecule has 8 heteroatoms. The second-order valence-electron chi connectivity index (χ2n) is 4.41. The number of hydrogen-bond acceptors (Lipinski definition) is 3. The largest absolute Gasteiger partial charge is 0.250 e. The van der Waals surface area contributed by atoms with Crippen LogP contribution in [0.4, 0.5) is 0 Å². The third-order valence-electron chi connectivity index (χ3n) is 3.05. The zero-order valence-corrected chi connectivity index (χ0v) is 14.9. The fraction of sp³-hybridized carbons (Fsp3) is 0.600. The Morgan fingerprint density at radius 2 is 2.06 bits per heavy atom. The Labute approximate surface area is 133 Å². The molecule has 3 nitrogen and oxygen atoms in total. The van der Waals surface area contributed by atoms with E-state index >= 15 is 0 Å². The quantitative estimate of drug-likeness (QED) is 0.720. The fourth-order valence-corrected chi connectivity index (χ4v) is 6.85. The Hall–Kier alpha value is 0.860. The molecule has 1 fully saturated rings. The van der Waals surface area contributed by atoms with Gasteiger partial charge in [-0.05, 0) is 34.8 Å². The van der Waals surface area contributed by atoms with Gasteiger partial charge in [0.05, 0.1) is 8.81 Å². The van der Waals surface area contributed by atoms with Gasteiger partial charge in [-0.15, -0.1) is 11.3 Å². The first kappa shape index (κ1) is 15.3. The van der Waals surface area contributed by atoms with Crippen LogP contribution in [0.2, 0.25) is 5.02 Å². The second-order valence-corrected chi connectivity index (χ2v) is 9.66. The van der Waals surface area contributed by atoms with Crippen LogP contribution in [-0.2, 0) is 10.0 Å². The van der Waals surface area contributed by atoms with Crippen LogP contribution in [-0.4, -0.2) is 19.3 Å². The van der Waals surface area contributed by atoms with Crippen molar-refractivity contribution < 1.29 is 8.42 Å². The van der Waals surface area contributed by atoms with Crippen LogP contribution in [0, 0.1) is 0 Å². The molecular formula is C10H12Br2ClNO2S2. The van der Waals surface area contributed by atoms with E-state index in [1.165, 1.54) is 6.07 Å². The lowest BCUT2D eigenvalue weighted by molar-refractivity contribution is 0.438. The van der Waals surface area contributed by atoms with Crippen LogP contribution in [0.15, 0.2) is 14.1 Å². The molecule has 0 radical (unpaired) electrons. The number of rotatable bonds is 4. The summed E-state index contributed by atoms with van der Waals surface area (Å²) in [5.74, 6) is 0. The lowest BCUT2D eigenvalue weighted by Gasteiger charge is -2.27. The standard InChI is InChI=1S/C10H12Br2ClNO2S2/c11-6-10(3-1-2-4-10)14-18(15,16)8-5-7(13)9(12)17-8/h5,14H,1-4,6H2. The fourth-order valence-electron chi connectivity index (χ4n) is 2.11. The molecule has 0 amide bonds. The average molecular weight is 438 g/mol. The van der Waals surface area contributed by atoms with E-state index in [1.54, 1.807) is 0 Å². The molecule has 18 heavy (non-hydrogen) atoms. The Morgan fingerprint density at radius 1 is 1.44 bits per heavy atom. The maximum atomic E-state index is 12.3. The predicted octanol–water partition coefficient (Wildman–Crippen LogP) is 4.15. The second kappa shape index (κ2) is 5.69. The molecule has 1 aromatic rings. The van der Waals surface area contributed by atoms with E-state index in [1.807, 2.05) is 0 Å². The van der Waals surface area contributed by atoms with E-state index in [0.717, 1.165) is 37.0 Å². The van der Waals surface area contributed by atoms with E-state index in [0.29, 0.717) is 14.1 Å². The first-order chi connectivity index (χ1) is 8.38. The van der Waals surface area contributed by atoms with E-state index in [9.17, 15) is 8.42 Å². The SMILES string of the molecule is O=S(=O)(NC1(CBr)CCCC1)c1cc(Cl)c(Br)s1. The molecule has 1 N–H and O–H groups in total. The van der Waals surface area contributed by atoms with Gasteiger partial charge in [0.1, 0.15) is 4.21 Å². The molecule has 0 aromatic carbocycles. The van der Waals surface area contributed by atoms with Crippen LogP contribution in [0.3, 0.4) is 0 Å². The summed E-state index contributed by atoms with van der Waals surface area (Å²) in [4.78, 5) is 0. The Morgan fingerprint density at radius 3 is 2.50 bits per heavy atom. The van der Waals surface area contributed by atoms with Crippen molar-refractivity contribution in [1.29, 1.82) is 0 Å².